The molecule has 1 aliphatic heterocycles. The molecule has 0 amide bonds. The van der Waals surface area contributed by atoms with Gasteiger partial charge in [-0.3, -0.25) is 4.79 Å². The number of esters is 1. The fourth-order valence-corrected chi connectivity index (χ4v) is 2.72. The molecule has 0 saturated heterocycles. The van der Waals surface area contributed by atoms with Crippen LogP contribution in [0, 0.1) is 5.82 Å². The molecule has 0 spiro atoms. The second kappa shape index (κ2) is 7.98. The third-order valence-electron chi connectivity index (χ3n) is 4.25. The first-order valence-corrected chi connectivity index (χ1v) is 8.78. The quantitative estimate of drug-likeness (QED) is 0.274. The van der Waals surface area contributed by atoms with Crippen LogP contribution in [0.3, 0.4) is 0 Å². The van der Waals surface area contributed by atoms with Crippen LogP contribution in [0.4, 0.5) is 4.39 Å². The smallest absolute Gasteiger partial charge is 0.343 e. The Balaban J connectivity index is 1.40. The normalized spacial score (nSPS) is 12.2. The molecular weight excluding hydrogens is 375 g/mol. The second-order valence-electron chi connectivity index (χ2n) is 6.23. The van der Waals surface area contributed by atoms with E-state index in [1.807, 2.05) is 0 Å². The molecule has 6 heteroatoms. The number of hydrogen-bond donors (Lipinski definition) is 0. The predicted molar refractivity (Wildman–Crippen MR) is 104 cm³/mol. The molecule has 0 aliphatic carbocycles. The van der Waals surface area contributed by atoms with Crippen molar-refractivity contribution in [2.24, 2.45) is 0 Å². The summed E-state index contributed by atoms with van der Waals surface area (Å²) in [6.07, 6.45) is 3.01. The number of benzene rings is 3. The molecule has 0 radical (unpaired) electrons. The summed E-state index contributed by atoms with van der Waals surface area (Å²) in [5, 5.41) is 0. The van der Waals surface area contributed by atoms with Gasteiger partial charge in [0.2, 0.25) is 6.79 Å². The van der Waals surface area contributed by atoms with Crippen LogP contribution < -0.4 is 14.2 Å². The van der Waals surface area contributed by atoms with Crippen LogP contribution in [-0.2, 0) is 0 Å². The molecule has 0 aromatic heterocycles. The maximum absolute atomic E-state index is 12.9. The van der Waals surface area contributed by atoms with E-state index < -0.39 is 5.97 Å². The number of rotatable bonds is 5. The van der Waals surface area contributed by atoms with E-state index in [-0.39, 0.29) is 18.4 Å². The first kappa shape index (κ1) is 18.4. The van der Waals surface area contributed by atoms with Crippen LogP contribution in [0.25, 0.3) is 6.08 Å². The lowest BCUT2D eigenvalue weighted by molar-refractivity contribution is 0.0734. The van der Waals surface area contributed by atoms with Crippen molar-refractivity contribution < 1.29 is 28.2 Å². The molecule has 0 atom stereocenters. The van der Waals surface area contributed by atoms with Crippen molar-refractivity contribution in [3.63, 3.8) is 0 Å². The maximum Gasteiger partial charge on any atom is 0.343 e. The van der Waals surface area contributed by atoms with Crippen LogP contribution in [0.15, 0.2) is 72.8 Å². The van der Waals surface area contributed by atoms with Gasteiger partial charge in [0.15, 0.2) is 17.3 Å². The molecule has 1 aliphatic rings. The highest BCUT2D eigenvalue weighted by Crippen LogP contribution is 2.32. The van der Waals surface area contributed by atoms with Crippen LogP contribution in [-0.4, -0.2) is 18.5 Å². The Morgan fingerprint density at radius 3 is 2.31 bits per heavy atom. The van der Waals surface area contributed by atoms with E-state index in [4.69, 9.17) is 14.2 Å². The summed E-state index contributed by atoms with van der Waals surface area (Å²) in [5.74, 6) is 0.291. The minimum atomic E-state index is -0.543. The highest BCUT2D eigenvalue weighted by molar-refractivity contribution is 6.06. The summed E-state index contributed by atoms with van der Waals surface area (Å²) in [6.45, 7) is 0.124. The van der Waals surface area contributed by atoms with Gasteiger partial charge in [-0.05, 0) is 66.2 Å². The topological polar surface area (TPSA) is 61.8 Å². The van der Waals surface area contributed by atoms with Gasteiger partial charge in [-0.1, -0.05) is 18.2 Å². The van der Waals surface area contributed by atoms with Gasteiger partial charge in [-0.15, -0.1) is 0 Å². The number of allylic oxidation sites excluding steroid dienone is 1. The van der Waals surface area contributed by atoms with Crippen LogP contribution in [0.2, 0.25) is 0 Å². The standard InChI is InChI=1S/C23H15FO5/c24-18-7-1-15(2-8-18)3-11-20(25)16-4-9-19(10-5-16)29-23(26)17-6-12-21-22(13-17)28-14-27-21/h1-13H,14H2/b11-3+. The lowest BCUT2D eigenvalue weighted by Crippen LogP contribution is -2.08. The van der Waals surface area contributed by atoms with Crippen molar-refractivity contribution in [2.75, 3.05) is 6.79 Å². The largest absolute Gasteiger partial charge is 0.454 e. The first-order chi connectivity index (χ1) is 14.1. The molecule has 5 nitrogen and oxygen atoms in total. The predicted octanol–water partition coefficient (Wildman–Crippen LogP) is 4.67. The van der Waals surface area contributed by atoms with E-state index in [0.29, 0.717) is 33.9 Å². The van der Waals surface area contributed by atoms with E-state index in [2.05, 4.69) is 0 Å². The first-order valence-electron chi connectivity index (χ1n) is 8.78. The Morgan fingerprint density at radius 1 is 0.862 bits per heavy atom. The molecule has 29 heavy (non-hydrogen) atoms. The van der Waals surface area contributed by atoms with Gasteiger partial charge in [0.05, 0.1) is 5.56 Å². The van der Waals surface area contributed by atoms with Crippen molar-refractivity contribution in [2.45, 2.75) is 0 Å². The zero-order valence-electron chi connectivity index (χ0n) is 15.1. The van der Waals surface area contributed by atoms with Gasteiger partial charge in [-0.25, -0.2) is 9.18 Å². The Bertz CT molecular complexity index is 1090. The van der Waals surface area contributed by atoms with Crippen LogP contribution in [0.5, 0.6) is 17.2 Å². The fourth-order valence-electron chi connectivity index (χ4n) is 2.72. The monoisotopic (exact) mass is 390 g/mol. The van der Waals surface area contributed by atoms with Crippen molar-refractivity contribution in [3.8, 4) is 17.2 Å². The van der Waals surface area contributed by atoms with E-state index in [1.54, 1.807) is 60.7 Å². The lowest BCUT2D eigenvalue weighted by Gasteiger charge is -2.06. The number of ether oxygens (including phenoxy) is 3. The highest BCUT2D eigenvalue weighted by Gasteiger charge is 2.17. The van der Waals surface area contributed by atoms with Gasteiger partial charge in [0.1, 0.15) is 11.6 Å². The van der Waals surface area contributed by atoms with Gasteiger partial charge in [0, 0.05) is 5.56 Å². The van der Waals surface area contributed by atoms with Crippen LogP contribution in [0.1, 0.15) is 26.3 Å². The van der Waals surface area contributed by atoms with Gasteiger partial charge < -0.3 is 14.2 Å². The third kappa shape index (κ3) is 4.32. The number of ketones is 1. The van der Waals surface area contributed by atoms with Gasteiger partial charge in [-0.2, -0.15) is 0 Å². The number of halogens is 1. The zero-order chi connectivity index (χ0) is 20.2. The van der Waals surface area contributed by atoms with E-state index >= 15 is 0 Å². The number of hydrogen-bond acceptors (Lipinski definition) is 5. The summed E-state index contributed by atoms with van der Waals surface area (Å²) in [4.78, 5) is 24.5. The van der Waals surface area contributed by atoms with Crippen LogP contribution >= 0.6 is 0 Å². The highest BCUT2D eigenvalue weighted by atomic mass is 19.1. The minimum absolute atomic E-state index is 0.124. The van der Waals surface area contributed by atoms with Crippen molar-refractivity contribution in [3.05, 3.63) is 95.3 Å². The van der Waals surface area contributed by atoms with E-state index in [0.717, 1.165) is 0 Å². The average molecular weight is 390 g/mol. The van der Waals surface area contributed by atoms with Gasteiger partial charge in [0.25, 0.3) is 0 Å². The van der Waals surface area contributed by atoms with Crippen molar-refractivity contribution in [1.29, 1.82) is 0 Å². The Hall–Kier alpha value is -3.93. The number of carbonyl (C=O) groups excluding carboxylic acids is 2. The molecule has 144 valence electrons. The molecule has 0 saturated carbocycles. The molecule has 0 fully saturated rings. The molecule has 1 heterocycles. The lowest BCUT2D eigenvalue weighted by atomic mass is 10.1. The van der Waals surface area contributed by atoms with E-state index in [1.165, 1.54) is 18.2 Å². The average Bonchev–Trinajstić information content (AvgIpc) is 3.21. The Labute approximate surface area is 166 Å². The molecule has 0 bridgehead atoms. The van der Waals surface area contributed by atoms with E-state index in [9.17, 15) is 14.0 Å². The molecule has 3 aromatic rings. The Kier molecular flexibility index (Phi) is 5.07. The van der Waals surface area contributed by atoms with Crippen molar-refractivity contribution >= 4 is 17.8 Å². The maximum atomic E-state index is 12.9. The summed E-state index contributed by atoms with van der Waals surface area (Å²) < 4.78 is 28.7. The minimum Gasteiger partial charge on any atom is -0.454 e. The van der Waals surface area contributed by atoms with Gasteiger partial charge >= 0.3 is 5.97 Å². The molecule has 0 N–H and O–H groups in total. The number of carbonyl (C=O) groups is 2. The summed E-state index contributed by atoms with van der Waals surface area (Å²) in [6, 6.07) is 16.8. The Morgan fingerprint density at radius 2 is 1.55 bits per heavy atom. The number of fused-ring (bicyclic) bond motifs is 1. The summed E-state index contributed by atoms with van der Waals surface area (Å²) in [7, 11) is 0. The fraction of sp³-hybridized carbons (Fsp3) is 0.0435. The SMILES string of the molecule is O=C(/C=C/c1ccc(F)cc1)c1ccc(OC(=O)c2ccc3c(c2)OCO3)cc1. The zero-order valence-corrected chi connectivity index (χ0v) is 15.1. The molecule has 0 unspecified atom stereocenters. The second-order valence-corrected chi connectivity index (χ2v) is 6.23. The molecule has 3 aromatic carbocycles. The third-order valence-corrected chi connectivity index (χ3v) is 4.25. The van der Waals surface area contributed by atoms with Crippen molar-refractivity contribution in [1.82, 2.24) is 0 Å². The molecule has 4 rings (SSSR count). The summed E-state index contributed by atoms with van der Waals surface area (Å²) in [5.41, 5.74) is 1.48. The summed E-state index contributed by atoms with van der Waals surface area (Å²) >= 11 is 0. The molecular formula is C23H15FO5.